The summed E-state index contributed by atoms with van der Waals surface area (Å²) in [7, 11) is 0. The number of nitrogens with one attached hydrogen (secondary N) is 2. The first kappa shape index (κ1) is 12.6. The number of hydrogen-bond acceptors (Lipinski definition) is 6. The van der Waals surface area contributed by atoms with Crippen LogP contribution in [0.4, 0.5) is 5.69 Å². The molecule has 1 amide bonds. The smallest absolute Gasteiger partial charge is 0.294 e. The van der Waals surface area contributed by atoms with E-state index in [0.29, 0.717) is 0 Å². The molecule has 0 radical (unpaired) electrons. The lowest BCUT2D eigenvalue weighted by Gasteiger charge is -2.03. The summed E-state index contributed by atoms with van der Waals surface area (Å²) in [6, 6.07) is 0. The van der Waals surface area contributed by atoms with Gasteiger partial charge in [0.25, 0.3) is 0 Å². The van der Waals surface area contributed by atoms with Gasteiger partial charge in [-0.3, -0.25) is 34.7 Å². The van der Waals surface area contributed by atoms with Crippen LogP contribution in [0, 0.1) is 10.1 Å². The van der Waals surface area contributed by atoms with E-state index in [1.807, 2.05) is 5.43 Å². The third kappa shape index (κ3) is 2.98. The van der Waals surface area contributed by atoms with E-state index in [2.05, 4.69) is 0 Å². The highest BCUT2D eigenvalue weighted by molar-refractivity contribution is 5.75. The van der Waals surface area contributed by atoms with E-state index in [4.69, 9.17) is 5.84 Å². The summed E-state index contributed by atoms with van der Waals surface area (Å²) in [5.41, 5.74) is -0.835. The number of amides is 1. The van der Waals surface area contributed by atoms with Crippen LogP contribution in [0.15, 0.2) is 15.8 Å². The van der Waals surface area contributed by atoms with Crippen LogP contribution in [0.1, 0.15) is 6.42 Å². The molecule has 0 atom stereocenters. The van der Waals surface area contributed by atoms with Gasteiger partial charge in [0.2, 0.25) is 5.91 Å². The van der Waals surface area contributed by atoms with Crippen LogP contribution in [-0.2, 0) is 11.3 Å². The van der Waals surface area contributed by atoms with Gasteiger partial charge in [0, 0.05) is 13.0 Å². The first-order valence-corrected chi connectivity index (χ1v) is 4.43. The molecule has 0 aliphatic rings. The minimum atomic E-state index is -1.08. The standard InChI is InChI=1S/C7H9N5O5/c8-10-5(13)1-2-11-3-4(12(16)17)6(14)9-7(11)15/h3H,1-2,8H2,(H,10,13)(H,9,14,15). The summed E-state index contributed by atoms with van der Waals surface area (Å²) in [6.07, 6.45) is 0.643. The molecule has 0 unspecified atom stereocenters. The molecule has 4 N–H and O–H groups in total. The number of nitrogens with zero attached hydrogens (tertiary/aromatic N) is 2. The molecule has 1 aromatic heterocycles. The van der Waals surface area contributed by atoms with Gasteiger partial charge in [0.1, 0.15) is 0 Å². The third-order valence-corrected chi connectivity index (χ3v) is 1.93. The Balaban J connectivity index is 3.04. The van der Waals surface area contributed by atoms with Crippen molar-refractivity contribution in [3.8, 4) is 0 Å². The first-order chi connectivity index (χ1) is 7.95. The molecule has 0 aromatic carbocycles. The summed E-state index contributed by atoms with van der Waals surface area (Å²) in [5.74, 6) is 4.29. The number of nitro groups is 1. The maximum Gasteiger partial charge on any atom is 0.350 e. The van der Waals surface area contributed by atoms with Crippen molar-refractivity contribution >= 4 is 11.6 Å². The Morgan fingerprint density at radius 1 is 1.59 bits per heavy atom. The zero-order chi connectivity index (χ0) is 13.0. The number of nitrogens with two attached hydrogens (primary N) is 1. The molecular formula is C7H9N5O5. The number of aromatic nitrogens is 2. The lowest BCUT2D eigenvalue weighted by Crippen LogP contribution is -2.34. The number of aryl methyl sites for hydroxylation is 1. The van der Waals surface area contributed by atoms with Gasteiger partial charge in [-0.2, -0.15) is 0 Å². The molecule has 1 heterocycles. The van der Waals surface area contributed by atoms with Crippen molar-refractivity contribution < 1.29 is 9.72 Å². The molecule has 10 heteroatoms. The number of H-pyrrole nitrogens is 1. The average molecular weight is 243 g/mol. The predicted molar refractivity (Wildman–Crippen MR) is 54.9 cm³/mol. The zero-order valence-electron chi connectivity index (χ0n) is 8.50. The fourth-order valence-corrected chi connectivity index (χ4v) is 1.09. The minimum Gasteiger partial charge on any atom is -0.294 e. The van der Waals surface area contributed by atoms with Crippen LogP contribution >= 0.6 is 0 Å². The van der Waals surface area contributed by atoms with Crippen LogP contribution in [0.25, 0.3) is 0 Å². The molecular weight excluding hydrogens is 234 g/mol. The summed E-state index contributed by atoms with van der Waals surface area (Å²) in [6.45, 7) is -0.126. The van der Waals surface area contributed by atoms with Crippen molar-refractivity contribution in [2.45, 2.75) is 13.0 Å². The van der Waals surface area contributed by atoms with Crippen LogP contribution in [0.3, 0.4) is 0 Å². The quantitative estimate of drug-likeness (QED) is 0.236. The topological polar surface area (TPSA) is 153 Å². The van der Waals surface area contributed by atoms with Crippen molar-refractivity contribution in [2.75, 3.05) is 0 Å². The van der Waals surface area contributed by atoms with Gasteiger partial charge in [0.15, 0.2) is 0 Å². The summed E-state index contributed by atoms with van der Waals surface area (Å²) < 4.78 is 0.856. The van der Waals surface area contributed by atoms with Crippen LogP contribution in [0.5, 0.6) is 0 Å². The molecule has 92 valence electrons. The van der Waals surface area contributed by atoms with Crippen LogP contribution in [0.2, 0.25) is 0 Å². The fourth-order valence-electron chi connectivity index (χ4n) is 1.09. The van der Waals surface area contributed by atoms with Crippen molar-refractivity contribution in [1.29, 1.82) is 0 Å². The third-order valence-electron chi connectivity index (χ3n) is 1.93. The van der Waals surface area contributed by atoms with Gasteiger partial charge in [-0.1, -0.05) is 0 Å². The molecule has 0 aliphatic carbocycles. The Kier molecular flexibility index (Phi) is 3.72. The van der Waals surface area contributed by atoms with Crippen molar-refractivity contribution in [3.05, 3.63) is 37.1 Å². The Morgan fingerprint density at radius 3 is 2.76 bits per heavy atom. The summed E-state index contributed by atoms with van der Waals surface area (Å²) >= 11 is 0. The van der Waals surface area contributed by atoms with E-state index < -0.39 is 27.8 Å². The fraction of sp³-hybridized carbons (Fsp3) is 0.286. The second-order valence-electron chi connectivity index (χ2n) is 3.04. The van der Waals surface area contributed by atoms with Gasteiger partial charge in [-0.05, 0) is 0 Å². The number of rotatable bonds is 4. The highest BCUT2D eigenvalue weighted by Crippen LogP contribution is 1.99. The van der Waals surface area contributed by atoms with Crippen molar-refractivity contribution in [3.63, 3.8) is 0 Å². The highest BCUT2D eigenvalue weighted by atomic mass is 16.6. The van der Waals surface area contributed by atoms with E-state index in [1.165, 1.54) is 0 Å². The van der Waals surface area contributed by atoms with E-state index in [1.54, 1.807) is 4.98 Å². The number of carbonyl (C=O) groups is 1. The highest BCUT2D eigenvalue weighted by Gasteiger charge is 2.14. The second kappa shape index (κ2) is 5.03. The lowest BCUT2D eigenvalue weighted by molar-refractivity contribution is -0.386. The molecule has 0 saturated carbocycles. The van der Waals surface area contributed by atoms with Crippen molar-refractivity contribution in [1.82, 2.24) is 15.0 Å². The monoisotopic (exact) mass is 243 g/mol. The molecule has 0 spiro atoms. The number of hydrazine groups is 1. The maximum atomic E-state index is 11.2. The van der Waals surface area contributed by atoms with Crippen LogP contribution in [-0.4, -0.2) is 20.4 Å². The van der Waals surface area contributed by atoms with E-state index in [9.17, 15) is 24.5 Å². The van der Waals surface area contributed by atoms with Gasteiger partial charge in [0.05, 0.1) is 11.1 Å². The van der Waals surface area contributed by atoms with Crippen molar-refractivity contribution in [2.24, 2.45) is 5.84 Å². The second-order valence-corrected chi connectivity index (χ2v) is 3.04. The Hall–Kier alpha value is -2.49. The number of carbonyl (C=O) groups excluding carboxylic acids is 1. The normalized spacial score (nSPS) is 9.94. The van der Waals surface area contributed by atoms with Gasteiger partial charge in [-0.25, -0.2) is 10.6 Å². The molecule has 0 saturated heterocycles. The minimum absolute atomic E-state index is 0.126. The summed E-state index contributed by atoms with van der Waals surface area (Å²) in [4.78, 5) is 44.4. The molecule has 1 rings (SSSR count). The average Bonchev–Trinajstić information content (AvgIpc) is 2.26. The van der Waals surface area contributed by atoms with Gasteiger partial charge >= 0.3 is 16.9 Å². The Morgan fingerprint density at radius 2 is 2.24 bits per heavy atom. The van der Waals surface area contributed by atoms with E-state index in [0.717, 1.165) is 10.8 Å². The summed E-state index contributed by atoms with van der Waals surface area (Å²) in [5, 5.41) is 10.5. The lowest BCUT2D eigenvalue weighted by atomic mass is 10.4. The van der Waals surface area contributed by atoms with Crippen LogP contribution < -0.4 is 22.5 Å². The molecule has 1 aromatic rings. The van der Waals surface area contributed by atoms with E-state index >= 15 is 0 Å². The first-order valence-electron chi connectivity index (χ1n) is 4.43. The SMILES string of the molecule is NNC(=O)CCn1cc([N+](=O)[O-])c(=O)[nH]c1=O. The van der Waals surface area contributed by atoms with E-state index in [-0.39, 0.29) is 13.0 Å². The molecule has 0 aliphatic heterocycles. The zero-order valence-corrected chi connectivity index (χ0v) is 8.50. The molecule has 17 heavy (non-hydrogen) atoms. The Bertz CT molecular complexity index is 559. The molecule has 0 bridgehead atoms. The number of aromatic amines is 1. The predicted octanol–water partition coefficient (Wildman–Crippen LogP) is -2.18. The maximum absolute atomic E-state index is 11.2. The molecule has 10 nitrogen and oxygen atoms in total. The number of hydrogen-bond donors (Lipinski definition) is 3. The largest absolute Gasteiger partial charge is 0.350 e. The molecule has 0 fully saturated rings. The van der Waals surface area contributed by atoms with Gasteiger partial charge < -0.3 is 0 Å². The Labute approximate surface area is 93.2 Å². The van der Waals surface area contributed by atoms with Gasteiger partial charge in [-0.15, -0.1) is 0 Å².